The molecule has 0 spiro atoms. The molecule has 1 aromatic carbocycles. The molecule has 5 heteroatoms. The van der Waals surface area contributed by atoms with Crippen LogP contribution < -0.4 is 15.4 Å². The molecule has 0 saturated carbocycles. The van der Waals surface area contributed by atoms with Crippen molar-refractivity contribution in [3.05, 3.63) is 36.9 Å². The van der Waals surface area contributed by atoms with Gasteiger partial charge in [0.05, 0.1) is 0 Å². The number of phenolic OH excluding ortho intramolecular Hbond substituents is 1. The lowest BCUT2D eigenvalue weighted by Gasteiger charge is -2.16. The minimum atomic E-state index is -0.468. The summed E-state index contributed by atoms with van der Waals surface area (Å²) in [7, 11) is 0. The van der Waals surface area contributed by atoms with Crippen LogP contribution in [0.25, 0.3) is 0 Å². The number of urea groups is 1. The van der Waals surface area contributed by atoms with Gasteiger partial charge in [0.25, 0.3) is 0 Å². The third kappa shape index (κ3) is 4.92. The van der Waals surface area contributed by atoms with Crippen molar-refractivity contribution in [3.8, 4) is 11.5 Å². The molecular weight excluding hydrogens is 220 g/mol. The van der Waals surface area contributed by atoms with Gasteiger partial charge in [0.2, 0.25) is 0 Å². The van der Waals surface area contributed by atoms with Gasteiger partial charge in [-0.2, -0.15) is 0 Å². The van der Waals surface area contributed by atoms with Crippen LogP contribution in [0.4, 0.5) is 4.79 Å². The Bertz CT molecular complexity index is 376. The van der Waals surface area contributed by atoms with Crippen LogP contribution in [0.15, 0.2) is 36.9 Å². The first-order valence-electron chi connectivity index (χ1n) is 5.22. The fourth-order valence-electron chi connectivity index (χ4n) is 1.16. The van der Waals surface area contributed by atoms with Gasteiger partial charge in [-0.25, -0.2) is 4.79 Å². The van der Waals surface area contributed by atoms with E-state index < -0.39 is 6.23 Å². The summed E-state index contributed by atoms with van der Waals surface area (Å²) in [4.78, 5) is 11.3. The number of carbonyl (C=O) groups excluding carboxylic acids is 1. The quantitative estimate of drug-likeness (QED) is 0.537. The van der Waals surface area contributed by atoms with E-state index in [9.17, 15) is 4.79 Å². The molecule has 0 aliphatic carbocycles. The average Bonchev–Trinajstić information content (AvgIpc) is 2.29. The monoisotopic (exact) mass is 236 g/mol. The van der Waals surface area contributed by atoms with Gasteiger partial charge in [-0.3, -0.25) is 0 Å². The van der Waals surface area contributed by atoms with E-state index in [1.807, 2.05) is 0 Å². The standard InChI is InChI=1S/C12H16N2O3/c1-3-8-13-12(16)14-9(2)17-11-6-4-10(15)5-7-11/h3-7,9,15H,1,8H2,2H3,(H2,13,14,16). The number of rotatable bonds is 5. The van der Waals surface area contributed by atoms with Gasteiger partial charge in [0.1, 0.15) is 11.5 Å². The van der Waals surface area contributed by atoms with E-state index in [4.69, 9.17) is 9.84 Å². The van der Waals surface area contributed by atoms with Gasteiger partial charge in [-0.15, -0.1) is 6.58 Å². The van der Waals surface area contributed by atoms with Gasteiger partial charge in [-0.1, -0.05) is 6.08 Å². The topological polar surface area (TPSA) is 70.6 Å². The molecule has 1 rings (SSSR count). The number of amides is 2. The molecule has 2 amide bonds. The van der Waals surface area contributed by atoms with Crippen LogP contribution in [0.3, 0.4) is 0 Å². The molecule has 3 N–H and O–H groups in total. The second-order valence-corrected chi connectivity index (χ2v) is 3.40. The van der Waals surface area contributed by atoms with Crippen LogP contribution in [0.1, 0.15) is 6.92 Å². The highest BCUT2D eigenvalue weighted by Crippen LogP contribution is 2.16. The zero-order chi connectivity index (χ0) is 12.7. The average molecular weight is 236 g/mol. The summed E-state index contributed by atoms with van der Waals surface area (Å²) >= 11 is 0. The second kappa shape index (κ2) is 6.42. The molecule has 92 valence electrons. The first-order chi connectivity index (χ1) is 8.11. The third-order valence-electron chi connectivity index (χ3n) is 1.89. The fraction of sp³-hybridized carbons (Fsp3) is 0.250. The summed E-state index contributed by atoms with van der Waals surface area (Å²) in [5.41, 5.74) is 0. The maximum absolute atomic E-state index is 11.3. The molecular formula is C12H16N2O3. The van der Waals surface area contributed by atoms with Gasteiger partial charge in [0.15, 0.2) is 6.23 Å². The molecule has 0 radical (unpaired) electrons. The molecule has 1 aromatic rings. The molecule has 17 heavy (non-hydrogen) atoms. The summed E-state index contributed by atoms with van der Waals surface area (Å²) < 4.78 is 5.41. The fourth-order valence-corrected chi connectivity index (χ4v) is 1.16. The summed E-state index contributed by atoms with van der Waals surface area (Å²) in [6.07, 6.45) is 1.12. The van der Waals surface area contributed by atoms with Crippen molar-refractivity contribution in [1.29, 1.82) is 0 Å². The number of benzene rings is 1. The number of aromatic hydroxyl groups is 1. The van der Waals surface area contributed by atoms with E-state index in [2.05, 4.69) is 17.2 Å². The number of nitrogens with one attached hydrogen (secondary N) is 2. The summed E-state index contributed by atoms with van der Waals surface area (Å²) in [6, 6.07) is 5.94. The highest BCUT2D eigenvalue weighted by atomic mass is 16.5. The van der Waals surface area contributed by atoms with Crippen LogP contribution in [-0.2, 0) is 0 Å². The highest BCUT2D eigenvalue weighted by molar-refractivity contribution is 5.74. The molecule has 0 saturated heterocycles. The van der Waals surface area contributed by atoms with Gasteiger partial charge >= 0.3 is 6.03 Å². The lowest BCUT2D eigenvalue weighted by Crippen LogP contribution is -2.43. The van der Waals surface area contributed by atoms with Gasteiger partial charge in [0, 0.05) is 6.54 Å². The predicted octanol–water partition coefficient (Wildman–Crippen LogP) is 1.60. The van der Waals surface area contributed by atoms with Crippen molar-refractivity contribution < 1.29 is 14.6 Å². The highest BCUT2D eigenvalue weighted by Gasteiger charge is 2.07. The van der Waals surface area contributed by atoms with E-state index in [0.717, 1.165) is 0 Å². The first kappa shape index (κ1) is 12.9. The lowest BCUT2D eigenvalue weighted by molar-refractivity contribution is 0.177. The van der Waals surface area contributed by atoms with E-state index in [1.165, 1.54) is 12.1 Å². The molecule has 1 unspecified atom stereocenters. The lowest BCUT2D eigenvalue weighted by atomic mass is 10.3. The van der Waals surface area contributed by atoms with Gasteiger partial charge in [-0.05, 0) is 31.2 Å². The number of carbonyl (C=O) groups is 1. The maximum Gasteiger partial charge on any atom is 0.317 e. The minimum Gasteiger partial charge on any atom is -0.508 e. The second-order valence-electron chi connectivity index (χ2n) is 3.40. The SMILES string of the molecule is C=CCNC(=O)NC(C)Oc1ccc(O)cc1. The van der Waals surface area contributed by atoms with Crippen LogP contribution >= 0.6 is 0 Å². The Balaban J connectivity index is 2.38. The van der Waals surface area contributed by atoms with E-state index >= 15 is 0 Å². The van der Waals surface area contributed by atoms with Crippen molar-refractivity contribution >= 4 is 6.03 Å². The van der Waals surface area contributed by atoms with Crippen molar-refractivity contribution in [2.24, 2.45) is 0 Å². The Hall–Kier alpha value is -2.17. The summed E-state index contributed by atoms with van der Waals surface area (Å²) in [5, 5.41) is 14.3. The Morgan fingerprint density at radius 1 is 1.53 bits per heavy atom. The third-order valence-corrected chi connectivity index (χ3v) is 1.89. The Kier molecular flexibility index (Phi) is 4.87. The molecule has 0 aliphatic rings. The van der Waals surface area contributed by atoms with Crippen LogP contribution in [0, 0.1) is 0 Å². The molecule has 0 aliphatic heterocycles. The molecule has 1 atom stereocenters. The number of phenols is 1. The summed E-state index contributed by atoms with van der Waals surface area (Å²) in [6.45, 7) is 5.60. The Morgan fingerprint density at radius 3 is 2.76 bits per heavy atom. The molecule has 0 heterocycles. The van der Waals surface area contributed by atoms with Crippen LogP contribution in [0.5, 0.6) is 11.5 Å². The molecule has 5 nitrogen and oxygen atoms in total. The Morgan fingerprint density at radius 2 is 2.18 bits per heavy atom. The van der Waals surface area contributed by atoms with E-state index in [1.54, 1.807) is 25.1 Å². The number of hydrogen-bond donors (Lipinski definition) is 3. The molecule has 0 bridgehead atoms. The zero-order valence-electron chi connectivity index (χ0n) is 9.64. The van der Waals surface area contributed by atoms with Gasteiger partial charge < -0.3 is 20.5 Å². The van der Waals surface area contributed by atoms with Crippen LogP contribution in [-0.4, -0.2) is 23.9 Å². The first-order valence-corrected chi connectivity index (χ1v) is 5.22. The smallest absolute Gasteiger partial charge is 0.317 e. The van der Waals surface area contributed by atoms with Crippen molar-refractivity contribution in [3.63, 3.8) is 0 Å². The normalized spacial score (nSPS) is 11.4. The van der Waals surface area contributed by atoms with Crippen molar-refractivity contribution in [1.82, 2.24) is 10.6 Å². The maximum atomic E-state index is 11.3. The number of ether oxygens (including phenoxy) is 1. The summed E-state index contributed by atoms with van der Waals surface area (Å²) in [5.74, 6) is 0.737. The zero-order valence-corrected chi connectivity index (χ0v) is 9.64. The largest absolute Gasteiger partial charge is 0.508 e. The Labute approximate surface area is 100 Å². The van der Waals surface area contributed by atoms with E-state index in [0.29, 0.717) is 12.3 Å². The predicted molar refractivity (Wildman–Crippen MR) is 64.9 cm³/mol. The van der Waals surface area contributed by atoms with Crippen LogP contribution in [0.2, 0.25) is 0 Å². The minimum absolute atomic E-state index is 0.168. The molecule has 0 fully saturated rings. The van der Waals surface area contributed by atoms with E-state index in [-0.39, 0.29) is 11.8 Å². The number of hydrogen-bond acceptors (Lipinski definition) is 3. The molecule has 0 aromatic heterocycles. The van der Waals surface area contributed by atoms with Crippen molar-refractivity contribution in [2.75, 3.05) is 6.54 Å². The van der Waals surface area contributed by atoms with Crippen molar-refractivity contribution in [2.45, 2.75) is 13.2 Å².